The van der Waals surface area contributed by atoms with Gasteiger partial charge >= 0.3 is 0 Å². The van der Waals surface area contributed by atoms with Gasteiger partial charge in [0, 0.05) is 22.6 Å². The maximum Gasteiger partial charge on any atom is 0.253 e. The van der Waals surface area contributed by atoms with E-state index in [1.54, 1.807) is 0 Å². The van der Waals surface area contributed by atoms with E-state index in [-0.39, 0.29) is 24.4 Å². The number of para-hydroxylation sites is 1. The van der Waals surface area contributed by atoms with Gasteiger partial charge in [-0.05, 0) is 72.9 Å². The van der Waals surface area contributed by atoms with Crippen molar-refractivity contribution in [2.24, 2.45) is 0 Å². The molecule has 7 heteroatoms. The third-order valence-electron chi connectivity index (χ3n) is 6.44. The van der Waals surface area contributed by atoms with E-state index in [2.05, 4.69) is 38.2 Å². The molecule has 3 heterocycles. The Morgan fingerprint density at radius 1 is 1.13 bits per heavy atom. The highest BCUT2D eigenvalue weighted by atomic mass is 79.9. The van der Waals surface area contributed by atoms with E-state index < -0.39 is 0 Å². The first-order chi connectivity index (χ1) is 14.1. The Morgan fingerprint density at radius 2 is 1.87 bits per heavy atom. The molecule has 1 aromatic heterocycles. The molecule has 2 aliphatic rings. The fourth-order valence-corrected chi connectivity index (χ4v) is 5.33. The molecule has 0 radical (unpaired) electrons. The number of carbonyl (C=O) groups is 1. The number of benzene rings is 2. The van der Waals surface area contributed by atoms with Crippen LogP contribution in [0.15, 0.2) is 51.4 Å². The molecule has 158 valence electrons. The minimum Gasteiger partial charge on any atom is -0.436 e. The summed E-state index contributed by atoms with van der Waals surface area (Å²) in [4.78, 5) is 20.3. The summed E-state index contributed by atoms with van der Waals surface area (Å²) in [5.74, 6) is 0.455. The summed E-state index contributed by atoms with van der Waals surface area (Å²) in [5, 5.41) is 3.28. The largest absolute Gasteiger partial charge is 0.436 e. The third-order valence-corrected chi connectivity index (χ3v) is 7.13. The lowest BCUT2D eigenvalue weighted by Crippen LogP contribution is -2.55. The zero-order valence-electron chi connectivity index (χ0n) is 16.8. The minimum absolute atomic E-state index is 0. The molecule has 5 rings (SSSR count). The number of hydrogen-bond acceptors (Lipinski definition) is 4. The van der Waals surface area contributed by atoms with Crippen LogP contribution in [-0.2, 0) is 0 Å². The molecule has 2 saturated heterocycles. The van der Waals surface area contributed by atoms with Crippen molar-refractivity contribution >= 4 is 45.3 Å². The van der Waals surface area contributed by atoms with Gasteiger partial charge in [-0.1, -0.05) is 24.6 Å². The molecule has 2 fully saturated rings. The van der Waals surface area contributed by atoms with Gasteiger partial charge in [-0.15, -0.1) is 12.4 Å². The van der Waals surface area contributed by atoms with Gasteiger partial charge in [-0.3, -0.25) is 4.79 Å². The van der Waals surface area contributed by atoms with Crippen molar-refractivity contribution in [2.75, 3.05) is 7.05 Å². The maximum absolute atomic E-state index is 13.1. The van der Waals surface area contributed by atoms with Crippen LogP contribution >= 0.6 is 28.3 Å². The smallest absolute Gasteiger partial charge is 0.253 e. The van der Waals surface area contributed by atoms with E-state index >= 15 is 0 Å². The second kappa shape index (κ2) is 8.69. The van der Waals surface area contributed by atoms with Crippen molar-refractivity contribution in [3.63, 3.8) is 0 Å². The van der Waals surface area contributed by atoms with Crippen LogP contribution in [0.4, 0.5) is 0 Å². The van der Waals surface area contributed by atoms with Crippen molar-refractivity contribution in [3.05, 3.63) is 52.5 Å². The summed E-state index contributed by atoms with van der Waals surface area (Å²) in [6.07, 6.45) is 5.81. The number of fused-ring (bicyclic) bond motifs is 3. The second-order valence-corrected chi connectivity index (χ2v) is 9.05. The van der Waals surface area contributed by atoms with Crippen molar-refractivity contribution in [3.8, 4) is 11.5 Å². The zero-order valence-corrected chi connectivity index (χ0v) is 19.2. The van der Waals surface area contributed by atoms with Gasteiger partial charge in [0.2, 0.25) is 5.89 Å². The Hall–Kier alpha value is -1.89. The fraction of sp³-hybridized carbons (Fsp3) is 0.391. The summed E-state index contributed by atoms with van der Waals surface area (Å²) in [7, 11) is 2.23. The summed E-state index contributed by atoms with van der Waals surface area (Å²) in [5.41, 5.74) is 2.69. The van der Waals surface area contributed by atoms with Gasteiger partial charge in [0.05, 0.1) is 11.1 Å². The number of oxazole rings is 1. The summed E-state index contributed by atoms with van der Waals surface area (Å²) >= 11 is 3.55. The van der Waals surface area contributed by atoms with E-state index in [1.807, 2.05) is 42.5 Å². The number of nitrogens with zero attached hydrogens (tertiary/aromatic N) is 2. The molecule has 0 saturated carbocycles. The molecule has 30 heavy (non-hydrogen) atoms. The molecule has 0 aliphatic carbocycles. The minimum atomic E-state index is -0.0600. The summed E-state index contributed by atoms with van der Waals surface area (Å²) in [6.45, 7) is 0. The Balaban J connectivity index is 0.00000218. The van der Waals surface area contributed by atoms with Crippen LogP contribution in [-0.4, -0.2) is 41.0 Å². The lowest BCUT2D eigenvalue weighted by molar-refractivity contribution is 0.0463. The van der Waals surface area contributed by atoms with Crippen LogP contribution in [0.25, 0.3) is 22.6 Å². The molecule has 3 aromatic rings. The Morgan fingerprint density at radius 3 is 2.60 bits per heavy atom. The zero-order chi connectivity index (χ0) is 20.0. The van der Waals surface area contributed by atoms with Crippen molar-refractivity contribution in [1.82, 2.24) is 15.2 Å². The number of halogens is 2. The molecule has 2 atom stereocenters. The quantitative estimate of drug-likeness (QED) is 0.532. The van der Waals surface area contributed by atoms with Crippen LogP contribution in [0.1, 0.15) is 42.5 Å². The molecule has 5 nitrogen and oxygen atoms in total. The van der Waals surface area contributed by atoms with E-state index in [0.717, 1.165) is 22.9 Å². The average Bonchev–Trinajstić information content (AvgIpc) is 3.13. The highest BCUT2D eigenvalue weighted by Crippen LogP contribution is 2.34. The number of amides is 1. The molecule has 2 unspecified atom stereocenters. The highest BCUT2D eigenvalue weighted by Gasteiger charge is 2.36. The van der Waals surface area contributed by atoms with Gasteiger partial charge in [-0.2, -0.15) is 0 Å². The number of nitrogens with one attached hydrogen (secondary N) is 1. The molecule has 1 amide bonds. The fourth-order valence-electron chi connectivity index (χ4n) is 4.88. The van der Waals surface area contributed by atoms with Crippen LogP contribution in [0.2, 0.25) is 0 Å². The predicted molar refractivity (Wildman–Crippen MR) is 124 cm³/mol. The van der Waals surface area contributed by atoms with Crippen molar-refractivity contribution in [2.45, 2.75) is 50.2 Å². The molecule has 2 aromatic carbocycles. The van der Waals surface area contributed by atoms with Crippen molar-refractivity contribution in [1.29, 1.82) is 0 Å². The molecular weight excluding hydrogens is 466 g/mol. The third kappa shape index (κ3) is 3.88. The van der Waals surface area contributed by atoms with E-state index in [4.69, 9.17) is 4.42 Å². The van der Waals surface area contributed by atoms with Gasteiger partial charge < -0.3 is 14.6 Å². The van der Waals surface area contributed by atoms with Crippen molar-refractivity contribution < 1.29 is 9.21 Å². The first-order valence-electron chi connectivity index (χ1n) is 10.3. The monoisotopic (exact) mass is 489 g/mol. The molecule has 0 spiro atoms. The lowest BCUT2D eigenvalue weighted by Gasteiger charge is -2.47. The summed E-state index contributed by atoms with van der Waals surface area (Å²) in [6, 6.07) is 14.7. The Kier molecular flexibility index (Phi) is 6.19. The molecular formula is C23H25BrClN3O2. The number of hydrogen-bond donors (Lipinski definition) is 1. The van der Waals surface area contributed by atoms with Crippen LogP contribution in [0, 0.1) is 0 Å². The van der Waals surface area contributed by atoms with Gasteiger partial charge in [0.25, 0.3) is 5.91 Å². The second-order valence-electron chi connectivity index (χ2n) is 8.20. The van der Waals surface area contributed by atoms with Gasteiger partial charge in [-0.25, -0.2) is 4.98 Å². The first kappa shape index (κ1) is 21.3. The molecule has 1 N–H and O–H groups in total. The van der Waals surface area contributed by atoms with Crippen LogP contribution < -0.4 is 5.32 Å². The van der Waals surface area contributed by atoms with Gasteiger partial charge in [0.15, 0.2) is 5.58 Å². The standard InChI is InChI=1S/C23H24BrN3O2.ClH/c1-27-15-6-4-7-16(27)13-14(12-15)25-22(28)18-9-5-11-20-21(18)26-23(29-20)17-8-2-3-10-19(17)24;/h2-3,5,8-11,14-16H,4,6-7,12-13H2,1H3,(H,25,28);1H. The number of carbonyl (C=O) groups excluding carboxylic acids is 1. The number of aromatic nitrogens is 1. The average molecular weight is 491 g/mol. The number of piperidine rings is 2. The first-order valence-corrected chi connectivity index (χ1v) is 11.1. The van der Waals surface area contributed by atoms with E-state index in [9.17, 15) is 4.79 Å². The lowest BCUT2D eigenvalue weighted by atomic mass is 9.82. The number of rotatable bonds is 3. The predicted octanol–water partition coefficient (Wildman–Crippen LogP) is 5.42. The Bertz CT molecular complexity index is 1060. The van der Waals surface area contributed by atoms with E-state index in [0.29, 0.717) is 34.6 Å². The maximum atomic E-state index is 13.1. The van der Waals surface area contributed by atoms with Gasteiger partial charge in [0.1, 0.15) is 5.52 Å². The summed E-state index contributed by atoms with van der Waals surface area (Å²) < 4.78 is 6.88. The van der Waals surface area contributed by atoms with Crippen LogP contribution in [0.5, 0.6) is 0 Å². The normalized spacial score (nSPS) is 23.7. The highest BCUT2D eigenvalue weighted by molar-refractivity contribution is 9.10. The Labute approximate surface area is 190 Å². The van der Waals surface area contributed by atoms with E-state index in [1.165, 1.54) is 19.3 Å². The topological polar surface area (TPSA) is 58.4 Å². The SMILES string of the molecule is CN1C2CCCC1CC(NC(=O)c1cccc3oc(-c4ccccc4Br)nc13)C2.Cl. The molecule has 2 aliphatic heterocycles. The van der Waals surface area contributed by atoms with Crippen LogP contribution in [0.3, 0.4) is 0 Å². The molecule has 2 bridgehead atoms.